The van der Waals surface area contributed by atoms with Gasteiger partial charge in [0.15, 0.2) is 0 Å². The van der Waals surface area contributed by atoms with Crippen molar-refractivity contribution in [1.82, 2.24) is 9.99 Å². The Morgan fingerprint density at radius 1 is 1.05 bits per heavy atom. The van der Waals surface area contributed by atoms with Gasteiger partial charge in [-0.25, -0.2) is 5.43 Å². The lowest BCUT2D eigenvalue weighted by molar-refractivity contribution is -0.385. The largest absolute Gasteiger partial charge is 0.496 e. The fourth-order valence-electron chi connectivity index (χ4n) is 4.11. The molecular formula is C28H22BrF3N4O5. The van der Waals surface area contributed by atoms with Crippen molar-refractivity contribution in [3.05, 3.63) is 109 Å². The van der Waals surface area contributed by atoms with Crippen molar-refractivity contribution in [2.45, 2.75) is 20.0 Å². The van der Waals surface area contributed by atoms with Crippen LogP contribution < -0.4 is 14.9 Å². The number of hydrazone groups is 1. The zero-order valence-corrected chi connectivity index (χ0v) is 23.4. The number of nitrogens with zero attached hydrogens (tertiary/aromatic N) is 3. The Bertz CT molecular complexity index is 1650. The zero-order chi connectivity index (χ0) is 29.9. The molecule has 13 heteroatoms. The van der Waals surface area contributed by atoms with Crippen molar-refractivity contribution in [2.75, 3.05) is 7.11 Å². The fourth-order valence-corrected chi connectivity index (χ4v) is 4.47. The van der Waals surface area contributed by atoms with E-state index < -0.39 is 28.3 Å². The summed E-state index contributed by atoms with van der Waals surface area (Å²) in [5, 5.41) is 15.4. The number of aromatic nitrogens is 1. The summed E-state index contributed by atoms with van der Waals surface area (Å²) in [7, 11) is 1.47. The second-order valence-electron chi connectivity index (χ2n) is 8.74. The van der Waals surface area contributed by atoms with Gasteiger partial charge in [-0.15, -0.1) is 0 Å². The highest BCUT2D eigenvalue weighted by Gasteiger charge is 2.33. The van der Waals surface area contributed by atoms with Crippen molar-refractivity contribution in [2.24, 2.45) is 5.10 Å². The Balaban J connectivity index is 1.51. The molecule has 4 aromatic rings. The summed E-state index contributed by atoms with van der Waals surface area (Å²) in [6.45, 7) is 3.74. The number of amides is 1. The molecule has 0 saturated heterocycles. The molecule has 1 N–H and O–H groups in total. The minimum atomic E-state index is -4.72. The van der Waals surface area contributed by atoms with Crippen LogP contribution in [0.1, 0.15) is 32.9 Å². The van der Waals surface area contributed by atoms with E-state index in [0.717, 1.165) is 34.8 Å². The van der Waals surface area contributed by atoms with Crippen LogP contribution >= 0.6 is 15.9 Å². The number of aryl methyl sites for hydroxylation is 1. The third-order valence-corrected chi connectivity index (χ3v) is 6.55. The molecule has 0 radical (unpaired) electrons. The van der Waals surface area contributed by atoms with Crippen LogP contribution in [-0.4, -0.2) is 28.7 Å². The monoisotopic (exact) mass is 630 g/mol. The number of benzene rings is 3. The summed E-state index contributed by atoms with van der Waals surface area (Å²) in [6, 6.07) is 15.5. The van der Waals surface area contributed by atoms with E-state index >= 15 is 0 Å². The van der Waals surface area contributed by atoms with Crippen molar-refractivity contribution in [3.8, 4) is 22.9 Å². The Morgan fingerprint density at radius 2 is 1.73 bits per heavy atom. The number of carbonyl (C=O) groups excluding carboxylic acids is 1. The number of nitro groups is 1. The SMILES string of the molecule is COc1ccc(Br)cc1C(=O)N/N=C\c1cc(C)n(-c2ccc(Oc3ccc(C(F)(F)F)cc3[N+](=O)[O-])cc2)c1C. The minimum Gasteiger partial charge on any atom is -0.496 e. The number of methoxy groups -OCH3 is 1. The van der Waals surface area contributed by atoms with Crippen LogP contribution in [0.3, 0.4) is 0 Å². The summed E-state index contributed by atoms with van der Waals surface area (Å²) in [5.74, 6) is -0.159. The first-order valence-corrected chi connectivity index (χ1v) is 12.7. The van der Waals surface area contributed by atoms with Gasteiger partial charge in [-0.1, -0.05) is 15.9 Å². The van der Waals surface area contributed by atoms with E-state index in [0.29, 0.717) is 21.9 Å². The maximum atomic E-state index is 13.0. The lowest BCUT2D eigenvalue weighted by Crippen LogP contribution is -2.18. The number of halogens is 4. The molecule has 0 saturated carbocycles. The summed E-state index contributed by atoms with van der Waals surface area (Å²) in [4.78, 5) is 23.0. The topological polar surface area (TPSA) is 108 Å². The molecule has 0 unspecified atom stereocenters. The van der Waals surface area contributed by atoms with E-state index in [9.17, 15) is 28.1 Å². The number of rotatable bonds is 8. The molecule has 0 aliphatic heterocycles. The predicted octanol–water partition coefficient (Wildman–Crippen LogP) is 7.35. The summed E-state index contributed by atoms with van der Waals surface area (Å²) in [6.07, 6.45) is -3.21. The number of carbonyl (C=O) groups is 1. The molecule has 0 fully saturated rings. The first kappa shape index (κ1) is 29.3. The molecule has 41 heavy (non-hydrogen) atoms. The van der Waals surface area contributed by atoms with E-state index in [1.165, 1.54) is 13.3 Å². The van der Waals surface area contributed by atoms with Gasteiger partial charge in [0.2, 0.25) is 5.75 Å². The average Bonchev–Trinajstić information content (AvgIpc) is 3.21. The van der Waals surface area contributed by atoms with Gasteiger partial charge in [-0.2, -0.15) is 18.3 Å². The highest BCUT2D eigenvalue weighted by Crippen LogP contribution is 2.38. The number of nitro benzene ring substituents is 1. The predicted molar refractivity (Wildman–Crippen MR) is 149 cm³/mol. The van der Waals surface area contributed by atoms with Crippen molar-refractivity contribution in [3.63, 3.8) is 0 Å². The number of nitrogens with one attached hydrogen (secondary N) is 1. The van der Waals surface area contributed by atoms with Gasteiger partial charge < -0.3 is 14.0 Å². The van der Waals surface area contributed by atoms with Gasteiger partial charge >= 0.3 is 11.9 Å². The summed E-state index contributed by atoms with van der Waals surface area (Å²) >= 11 is 3.33. The molecule has 0 aliphatic rings. The van der Waals surface area contributed by atoms with Gasteiger partial charge in [0.05, 0.1) is 29.4 Å². The molecule has 0 atom stereocenters. The van der Waals surface area contributed by atoms with Crippen LogP contribution in [-0.2, 0) is 6.18 Å². The molecule has 1 amide bonds. The van der Waals surface area contributed by atoms with E-state index in [1.807, 2.05) is 24.5 Å². The Morgan fingerprint density at radius 3 is 2.37 bits per heavy atom. The average molecular weight is 631 g/mol. The Labute approximate surface area is 240 Å². The number of hydrogen-bond donors (Lipinski definition) is 1. The van der Waals surface area contributed by atoms with Crippen LogP contribution in [0, 0.1) is 24.0 Å². The molecule has 4 rings (SSSR count). The molecular weight excluding hydrogens is 609 g/mol. The quantitative estimate of drug-likeness (QED) is 0.124. The van der Waals surface area contributed by atoms with Crippen LogP contribution in [0.15, 0.2) is 76.3 Å². The lowest BCUT2D eigenvalue weighted by Gasteiger charge is -2.12. The maximum absolute atomic E-state index is 13.0. The minimum absolute atomic E-state index is 0.201. The van der Waals surface area contributed by atoms with E-state index in [-0.39, 0.29) is 11.5 Å². The van der Waals surface area contributed by atoms with E-state index in [4.69, 9.17) is 9.47 Å². The second-order valence-corrected chi connectivity index (χ2v) is 9.65. The highest BCUT2D eigenvalue weighted by atomic mass is 79.9. The molecule has 9 nitrogen and oxygen atoms in total. The fraction of sp³-hybridized carbons (Fsp3) is 0.143. The molecule has 1 aromatic heterocycles. The summed E-state index contributed by atoms with van der Waals surface area (Å²) in [5.41, 5.74) is 4.01. The molecule has 1 heterocycles. The molecule has 0 spiro atoms. The molecule has 0 aliphatic carbocycles. The van der Waals surface area contributed by atoms with E-state index in [2.05, 4.69) is 26.5 Å². The Hall–Kier alpha value is -4.65. The normalized spacial score (nSPS) is 11.5. The maximum Gasteiger partial charge on any atom is 0.416 e. The van der Waals surface area contributed by atoms with Crippen LogP contribution in [0.5, 0.6) is 17.2 Å². The molecule has 3 aromatic carbocycles. The zero-order valence-electron chi connectivity index (χ0n) is 21.8. The van der Waals surface area contributed by atoms with Crippen LogP contribution in [0.2, 0.25) is 0 Å². The van der Waals surface area contributed by atoms with Gasteiger partial charge in [0.1, 0.15) is 11.5 Å². The van der Waals surface area contributed by atoms with E-state index in [1.54, 1.807) is 42.5 Å². The van der Waals surface area contributed by atoms with Crippen molar-refractivity contribution in [1.29, 1.82) is 0 Å². The number of hydrogen-bond acceptors (Lipinski definition) is 6. The standard InChI is InChI=1S/C28H22BrF3N4O5/c1-16-12-18(15-33-34-27(37)23-14-20(29)5-11-25(23)40-3)17(2)35(16)21-6-8-22(9-7-21)41-26-10-4-19(28(30,31)32)13-24(26)36(38)39/h4-15H,1-3H3,(H,34,37)/b33-15-. The second kappa shape index (κ2) is 11.8. The first-order chi connectivity index (χ1) is 19.4. The highest BCUT2D eigenvalue weighted by molar-refractivity contribution is 9.10. The summed E-state index contributed by atoms with van der Waals surface area (Å²) < 4.78 is 52.3. The molecule has 0 bridgehead atoms. The van der Waals surface area contributed by atoms with Gasteiger partial charge in [-0.3, -0.25) is 14.9 Å². The first-order valence-electron chi connectivity index (χ1n) is 11.9. The lowest BCUT2D eigenvalue weighted by atomic mass is 10.2. The van der Waals surface area contributed by atoms with Crippen LogP contribution in [0.25, 0.3) is 5.69 Å². The Kier molecular flexibility index (Phi) is 8.47. The van der Waals surface area contributed by atoms with Crippen LogP contribution in [0.4, 0.5) is 18.9 Å². The third kappa shape index (κ3) is 6.57. The number of alkyl halides is 3. The molecule has 212 valence electrons. The third-order valence-electron chi connectivity index (χ3n) is 6.05. The van der Waals surface area contributed by atoms with Gasteiger partial charge in [0, 0.05) is 33.2 Å². The van der Waals surface area contributed by atoms with Gasteiger partial charge in [0.25, 0.3) is 5.91 Å². The van der Waals surface area contributed by atoms with Crippen molar-refractivity contribution < 1.29 is 32.4 Å². The van der Waals surface area contributed by atoms with Gasteiger partial charge in [-0.05, 0) is 74.5 Å². The number of ether oxygens (including phenoxy) is 2. The van der Waals surface area contributed by atoms with Crippen molar-refractivity contribution >= 4 is 33.7 Å². The smallest absolute Gasteiger partial charge is 0.416 e.